The molecule has 2 aliphatic rings. The lowest BCUT2D eigenvalue weighted by molar-refractivity contribution is -0.137. The summed E-state index contributed by atoms with van der Waals surface area (Å²) in [5.41, 5.74) is 0.702. The lowest BCUT2D eigenvalue weighted by Gasteiger charge is -2.44. The highest BCUT2D eigenvalue weighted by atomic mass is 19.4. The smallest absolute Gasteiger partial charge is 0.373 e. The highest BCUT2D eigenvalue weighted by Gasteiger charge is 2.32. The fraction of sp³-hybridized carbons (Fsp3) is 0.480. The maximum atomic E-state index is 13.0. The molecule has 2 aliphatic heterocycles. The molecular weight excluding hydrogens is 431 g/mol. The van der Waals surface area contributed by atoms with Crippen molar-refractivity contribution in [2.24, 2.45) is 0 Å². The number of ether oxygens (including phenoxy) is 1. The van der Waals surface area contributed by atoms with Crippen molar-refractivity contribution < 1.29 is 22.7 Å². The Hall–Kier alpha value is -2.58. The first-order valence-electron chi connectivity index (χ1n) is 11.4. The highest BCUT2D eigenvalue weighted by Crippen LogP contribution is 2.30. The van der Waals surface area contributed by atoms with Crippen molar-refractivity contribution in [3.63, 3.8) is 0 Å². The van der Waals surface area contributed by atoms with Gasteiger partial charge in [0.15, 0.2) is 0 Å². The van der Waals surface area contributed by atoms with Crippen LogP contribution in [0.4, 0.5) is 24.5 Å². The number of benzene rings is 2. The van der Waals surface area contributed by atoms with E-state index in [2.05, 4.69) is 29.0 Å². The van der Waals surface area contributed by atoms with E-state index in [-0.39, 0.29) is 17.8 Å². The molecule has 8 heteroatoms. The average molecular weight is 462 g/mol. The Morgan fingerprint density at radius 1 is 1.00 bits per heavy atom. The molecule has 1 N–H and O–H groups in total. The molecular formula is C25H30F3N3O2. The summed E-state index contributed by atoms with van der Waals surface area (Å²) in [6.07, 6.45) is -1.87. The van der Waals surface area contributed by atoms with Gasteiger partial charge in [-0.05, 0) is 63.1 Å². The summed E-state index contributed by atoms with van der Waals surface area (Å²) in [5, 5.41) is 2.73. The molecule has 2 saturated heterocycles. The summed E-state index contributed by atoms with van der Waals surface area (Å²) in [4.78, 5) is 17.4. The lowest BCUT2D eigenvalue weighted by atomic mass is 10.0. The van der Waals surface area contributed by atoms with E-state index in [9.17, 15) is 18.0 Å². The van der Waals surface area contributed by atoms with E-state index in [1.807, 2.05) is 18.2 Å². The summed E-state index contributed by atoms with van der Waals surface area (Å²) in [7, 11) is 0. The molecule has 2 aromatic rings. The summed E-state index contributed by atoms with van der Waals surface area (Å²) < 4.78 is 44.7. The first-order chi connectivity index (χ1) is 15.7. The van der Waals surface area contributed by atoms with Gasteiger partial charge in [-0.15, -0.1) is 0 Å². The second kappa shape index (κ2) is 9.73. The van der Waals surface area contributed by atoms with E-state index in [1.165, 1.54) is 12.1 Å². The molecule has 0 radical (unpaired) electrons. The van der Waals surface area contributed by atoms with Crippen LogP contribution in [0.3, 0.4) is 0 Å². The fourth-order valence-corrected chi connectivity index (χ4v) is 4.83. The summed E-state index contributed by atoms with van der Waals surface area (Å²) in [6.45, 7) is 8.00. The van der Waals surface area contributed by atoms with E-state index in [0.29, 0.717) is 11.7 Å². The number of carbonyl (C=O) groups excluding carboxylic acids is 1. The van der Waals surface area contributed by atoms with Crippen LogP contribution in [0.25, 0.3) is 0 Å². The number of carbonyl (C=O) groups is 1. The third-order valence-electron chi connectivity index (χ3n) is 6.35. The van der Waals surface area contributed by atoms with Crippen LogP contribution in [-0.4, -0.2) is 55.2 Å². The Kier molecular flexibility index (Phi) is 6.95. The first kappa shape index (κ1) is 23.6. The van der Waals surface area contributed by atoms with Gasteiger partial charge in [0.1, 0.15) is 0 Å². The molecule has 5 nitrogen and oxygen atoms in total. The summed E-state index contributed by atoms with van der Waals surface area (Å²) in [5.74, 6) is -0.562. The van der Waals surface area contributed by atoms with Gasteiger partial charge in [-0.3, -0.25) is 9.69 Å². The predicted octanol–water partition coefficient (Wildman–Crippen LogP) is 5.04. The van der Waals surface area contributed by atoms with Crippen molar-refractivity contribution in [2.75, 3.05) is 36.4 Å². The Labute approximate surface area is 192 Å². The second-order valence-corrected chi connectivity index (χ2v) is 9.01. The molecule has 2 aromatic carbocycles. The normalized spacial score (nSPS) is 22.9. The quantitative estimate of drug-likeness (QED) is 0.693. The van der Waals surface area contributed by atoms with Crippen molar-refractivity contribution in [3.8, 4) is 0 Å². The summed E-state index contributed by atoms with van der Waals surface area (Å²) in [6, 6.07) is 12.5. The van der Waals surface area contributed by atoms with Crippen LogP contribution >= 0.6 is 0 Å². The van der Waals surface area contributed by atoms with Gasteiger partial charge in [-0.1, -0.05) is 12.1 Å². The third-order valence-corrected chi connectivity index (χ3v) is 6.35. The van der Waals surface area contributed by atoms with Crippen molar-refractivity contribution in [2.45, 2.75) is 51.1 Å². The third kappa shape index (κ3) is 5.86. The van der Waals surface area contributed by atoms with Crippen LogP contribution in [0.1, 0.15) is 42.6 Å². The van der Waals surface area contributed by atoms with Crippen molar-refractivity contribution in [1.29, 1.82) is 0 Å². The molecule has 0 aromatic heterocycles. The number of piperidine rings is 1. The number of nitrogens with one attached hydrogen (secondary N) is 1. The maximum absolute atomic E-state index is 13.0. The van der Waals surface area contributed by atoms with Gasteiger partial charge in [-0.2, -0.15) is 13.2 Å². The zero-order valence-corrected chi connectivity index (χ0v) is 18.9. The molecule has 33 heavy (non-hydrogen) atoms. The zero-order valence-electron chi connectivity index (χ0n) is 18.9. The van der Waals surface area contributed by atoms with Crippen LogP contribution in [0.2, 0.25) is 0 Å². The number of nitrogens with zero attached hydrogens (tertiary/aromatic N) is 2. The number of alkyl halides is 3. The number of amides is 1. The number of rotatable bonds is 4. The van der Waals surface area contributed by atoms with Gasteiger partial charge in [0, 0.05) is 49.2 Å². The second-order valence-electron chi connectivity index (χ2n) is 9.01. The van der Waals surface area contributed by atoms with Crippen LogP contribution in [0, 0.1) is 0 Å². The monoisotopic (exact) mass is 461 g/mol. The van der Waals surface area contributed by atoms with E-state index < -0.39 is 17.6 Å². The number of halogens is 3. The molecule has 0 saturated carbocycles. The Balaban J connectivity index is 1.37. The van der Waals surface area contributed by atoms with Gasteiger partial charge in [0.05, 0.1) is 17.8 Å². The molecule has 0 aliphatic carbocycles. The van der Waals surface area contributed by atoms with Crippen LogP contribution in [-0.2, 0) is 10.9 Å². The highest BCUT2D eigenvalue weighted by molar-refractivity contribution is 6.04. The fourth-order valence-electron chi connectivity index (χ4n) is 4.83. The summed E-state index contributed by atoms with van der Waals surface area (Å²) >= 11 is 0. The Bertz CT molecular complexity index is 963. The van der Waals surface area contributed by atoms with Crippen LogP contribution in [0.15, 0.2) is 48.5 Å². The van der Waals surface area contributed by atoms with E-state index in [4.69, 9.17) is 4.74 Å². The molecule has 0 spiro atoms. The Morgan fingerprint density at radius 2 is 1.67 bits per heavy atom. The lowest BCUT2D eigenvalue weighted by Crippen LogP contribution is -2.53. The first-order valence-corrected chi connectivity index (χ1v) is 11.4. The van der Waals surface area contributed by atoms with Gasteiger partial charge >= 0.3 is 6.18 Å². The predicted molar refractivity (Wildman–Crippen MR) is 123 cm³/mol. The van der Waals surface area contributed by atoms with Gasteiger partial charge < -0.3 is 15.0 Å². The zero-order chi connectivity index (χ0) is 23.6. The van der Waals surface area contributed by atoms with Gasteiger partial charge in [0.2, 0.25) is 0 Å². The number of hydrogen-bond acceptors (Lipinski definition) is 4. The molecule has 2 fully saturated rings. The van der Waals surface area contributed by atoms with Gasteiger partial charge in [-0.25, -0.2) is 0 Å². The van der Waals surface area contributed by atoms with Crippen molar-refractivity contribution in [3.05, 3.63) is 59.7 Å². The molecule has 0 unspecified atom stereocenters. The average Bonchev–Trinajstić information content (AvgIpc) is 2.78. The van der Waals surface area contributed by atoms with Crippen molar-refractivity contribution in [1.82, 2.24) is 4.90 Å². The van der Waals surface area contributed by atoms with E-state index in [0.717, 1.165) is 56.8 Å². The molecule has 2 atom stereocenters. The topological polar surface area (TPSA) is 44.8 Å². The standard InChI is InChI=1S/C25H30F3N3O2/c1-17-15-31(16-18(2)33-17)22-9-11-30(12-10-22)23-8-4-7-21(14-23)29-24(32)19-5-3-6-20(13-19)25(26,27)28/h3-8,13-14,17-18,22H,9-12,15-16H2,1-2H3,(H,29,32)/t17-,18+. The molecule has 2 heterocycles. The molecule has 178 valence electrons. The minimum Gasteiger partial charge on any atom is -0.373 e. The number of hydrogen-bond donors (Lipinski definition) is 1. The van der Waals surface area contributed by atoms with E-state index in [1.54, 1.807) is 6.07 Å². The van der Waals surface area contributed by atoms with Crippen LogP contribution in [0.5, 0.6) is 0 Å². The number of anilines is 2. The van der Waals surface area contributed by atoms with Crippen LogP contribution < -0.4 is 10.2 Å². The SMILES string of the molecule is C[C@@H]1CN(C2CCN(c3cccc(NC(=O)c4cccc(C(F)(F)F)c4)c3)CC2)C[C@H](C)O1. The minimum atomic E-state index is -4.49. The molecule has 0 bridgehead atoms. The van der Waals surface area contributed by atoms with Gasteiger partial charge in [0.25, 0.3) is 5.91 Å². The van der Waals surface area contributed by atoms with Crippen molar-refractivity contribution >= 4 is 17.3 Å². The number of morpholine rings is 1. The maximum Gasteiger partial charge on any atom is 0.416 e. The Morgan fingerprint density at radius 3 is 2.33 bits per heavy atom. The molecule has 1 amide bonds. The molecule has 4 rings (SSSR count). The minimum absolute atomic E-state index is 0.0231. The largest absolute Gasteiger partial charge is 0.416 e. The van der Waals surface area contributed by atoms with E-state index >= 15 is 0 Å².